The van der Waals surface area contributed by atoms with Crippen molar-refractivity contribution in [1.82, 2.24) is 0 Å². The predicted octanol–water partition coefficient (Wildman–Crippen LogP) is 2.05. The number of benzene rings is 1. The number of hydrogen-bond donors (Lipinski definition) is 0. The SMILES string of the molecule is CON=C=Nc1ccccc1. The van der Waals surface area contributed by atoms with Crippen LogP contribution in [0.2, 0.25) is 0 Å². The van der Waals surface area contributed by atoms with Crippen molar-refractivity contribution in [3.05, 3.63) is 30.3 Å². The lowest BCUT2D eigenvalue weighted by Gasteiger charge is -1.84. The van der Waals surface area contributed by atoms with Crippen molar-refractivity contribution >= 4 is 11.7 Å². The first-order chi connectivity index (χ1) is 5.43. The summed E-state index contributed by atoms with van der Waals surface area (Å²) in [5.74, 6) is 0. The van der Waals surface area contributed by atoms with Crippen molar-refractivity contribution in [2.45, 2.75) is 0 Å². The van der Waals surface area contributed by atoms with Crippen LogP contribution >= 0.6 is 0 Å². The molecular weight excluding hydrogens is 140 g/mol. The Morgan fingerprint density at radius 3 is 2.64 bits per heavy atom. The fourth-order valence-corrected chi connectivity index (χ4v) is 0.622. The average molecular weight is 148 g/mol. The highest BCUT2D eigenvalue weighted by Gasteiger charge is 1.80. The minimum Gasteiger partial charge on any atom is -0.391 e. The van der Waals surface area contributed by atoms with E-state index in [0.717, 1.165) is 5.69 Å². The first-order valence-electron chi connectivity index (χ1n) is 3.17. The van der Waals surface area contributed by atoms with Gasteiger partial charge in [-0.3, -0.25) is 0 Å². The molecule has 0 saturated carbocycles. The summed E-state index contributed by atoms with van der Waals surface area (Å²) in [6, 6.07) is 11.8. The normalized spacial score (nSPS) is 8.09. The van der Waals surface area contributed by atoms with Gasteiger partial charge in [0.25, 0.3) is 0 Å². The van der Waals surface area contributed by atoms with Crippen LogP contribution in [0.5, 0.6) is 0 Å². The van der Waals surface area contributed by atoms with Gasteiger partial charge < -0.3 is 4.84 Å². The number of aliphatic imine (C=N–C) groups is 1. The van der Waals surface area contributed by atoms with E-state index in [2.05, 4.69) is 21.0 Å². The summed E-state index contributed by atoms with van der Waals surface area (Å²) >= 11 is 0. The van der Waals surface area contributed by atoms with Gasteiger partial charge in [-0.2, -0.15) is 4.99 Å². The molecule has 0 saturated heterocycles. The Bertz CT molecular complexity index is 263. The minimum atomic E-state index is 0.813. The second-order valence-electron chi connectivity index (χ2n) is 1.82. The van der Waals surface area contributed by atoms with Crippen molar-refractivity contribution in [3.8, 4) is 0 Å². The molecule has 56 valence electrons. The summed E-state index contributed by atoms with van der Waals surface area (Å²) in [6.07, 6.45) is 0. The van der Waals surface area contributed by atoms with Gasteiger partial charge in [0.2, 0.25) is 0 Å². The van der Waals surface area contributed by atoms with Crippen LogP contribution in [0, 0.1) is 0 Å². The van der Waals surface area contributed by atoms with Crippen molar-refractivity contribution in [2.75, 3.05) is 7.11 Å². The first-order valence-corrected chi connectivity index (χ1v) is 3.17. The number of para-hydroxylation sites is 1. The predicted molar refractivity (Wildman–Crippen MR) is 43.0 cm³/mol. The Labute approximate surface area is 65.0 Å². The van der Waals surface area contributed by atoms with Crippen LogP contribution in [0.15, 0.2) is 40.5 Å². The van der Waals surface area contributed by atoms with E-state index in [-0.39, 0.29) is 0 Å². The third-order valence-corrected chi connectivity index (χ3v) is 1.07. The van der Waals surface area contributed by atoms with Crippen molar-refractivity contribution < 1.29 is 4.84 Å². The molecule has 0 amide bonds. The summed E-state index contributed by atoms with van der Waals surface area (Å²) in [7, 11) is 1.45. The van der Waals surface area contributed by atoms with Crippen LogP contribution in [0.4, 0.5) is 5.69 Å². The van der Waals surface area contributed by atoms with Gasteiger partial charge in [-0.1, -0.05) is 18.2 Å². The monoisotopic (exact) mass is 148 g/mol. The van der Waals surface area contributed by atoms with E-state index in [0.29, 0.717) is 0 Å². The maximum Gasteiger partial charge on any atom is 0.141 e. The van der Waals surface area contributed by atoms with Gasteiger partial charge in [0, 0.05) is 0 Å². The molecule has 0 aliphatic heterocycles. The highest BCUT2D eigenvalue weighted by atomic mass is 16.6. The Kier molecular flexibility index (Phi) is 2.90. The zero-order valence-corrected chi connectivity index (χ0v) is 6.19. The summed E-state index contributed by atoms with van der Waals surface area (Å²) in [5, 5.41) is 3.35. The molecule has 0 bridgehead atoms. The number of hydrogen-bond acceptors (Lipinski definition) is 3. The molecule has 3 heteroatoms. The lowest BCUT2D eigenvalue weighted by Crippen LogP contribution is -1.64. The lowest BCUT2D eigenvalue weighted by atomic mass is 10.3. The van der Waals surface area contributed by atoms with Gasteiger partial charge >= 0.3 is 0 Å². The van der Waals surface area contributed by atoms with Crippen LogP contribution in [0.3, 0.4) is 0 Å². The summed E-state index contributed by atoms with van der Waals surface area (Å²) in [4.78, 5) is 8.24. The molecule has 3 nitrogen and oxygen atoms in total. The van der Waals surface area contributed by atoms with Gasteiger partial charge in [0.1, 0.15) is 13.1 Å². The molecule has 0 fully saturated rings. The van der Waals surface area contributed by atoms with Crippen LogP contribution in [0.25, 0.3) is 0 Å². The molecule has 0 aliphatic carbocycles. The third-order valence-electron chi connectivity index (χ3n) is 1.07. The first kappa shape index (κ1) is 7.51. The molecule has 0 radical (unpaired) electrons. The highest BCUT2D eigenvalue weighted by Crippen LogP contribution is 2.07. The molecule has 0 atom stereocenters. The lowest BCUT2D eigenvalue weighted by molar-refractivity contribution is 0.216. The standard InChI is InChI=1S/C8H8N2O/c1-11-10-7-9-8-5-3-2-4-6-8/h2-6H,1H3. The van der Waals surface area contributed by atoms with Crippen LogP contribution in [-0.4, -0.2) is 13.1 Å². The van der Waals surface area contributed by atoms with E-state index in [1.54, 1.807) is 0 Å². The molecule has 11 heavy (non-hydrogen) atoms. The molecule has 1 aromatic rings. The van der Waals surface area contributed by atoms with Crippen LogP contribution in [0.1, 0.15) is 0 Å². The quantitative estimate of drug-likeness (QED) is 0.466. The maximum absolute atomic E-state index is 4.38. The van der Waals surface area contributed by atoms with Crippen LogP contribution < -0.4 is 0 Å². The fourth-order valence-electron chi connectivity index (χ4n) is 0.622. The van der Waals surface area contributed by atoms with E-state index in [1.165, 1.54) is 7.11 Å². The molecule has 1 aromatic carbocycles. The summed E-state index contributed by atoms with van der Waals surface area (Å²) < 4.78 is 0. The van der Waals surface area contributed by atoms with E-state index >= 15 is 0 Å². The molecular formula is C8H8N2O. The zero-order chi connectivity index (χ0) is 7.94. The van der Waals surface area contributed by atoms with E-state index in [9.17, 15) is 0 Å². The van der Waals surface area contributed by atoms with Crippen molar-refractivity contribution in [1.29, 1.82) is 0 Å². The number of rotatable bonds is 2. The summed E-state index contributed by atoms with van der Waals surface area (Å²) in [5.41, 5.74) is 0.813. The fraction of sp³-hybridized carbons (Fsp3) is 0.125. The maximum atomic E-state index is 4.38. The van der Waals surface area contributed by atoms with Gasteiger partial charge in [-0.25, -0.2) is 0 Å². The van der Waals surface area contributed by atoms with Gasteiger partial charge in [-0.15, -0.1) is 0 Å². The van der Waals surface area contributed by atoms with Crippen molar-refractivity contribution in [2.24, 2.45) is 10.1 Å². The van der Waals surface area contributed by atoms with E-state index in [4.69, 9.17) is 0 Å². The molecule has 0 N–H and O–H groups in total. The number of nitrogens with zero attached hydrogens (tertiary/aromatic N) is 2. The highest BCUT2D eigenvalue weighted by molar-refractivity contribution is 5.51. The average Bonchev–Trinajstić information content (AvgIpc) is 2.07. The van der Waals surface area contributed by atoms with Gasteiger partial charge in [-0.05, 0) is 17.3 Å². The Morgan fingerprint density at radius 2 is 2.00 bits per heavy atom. The second-order valence-corrected chi connectivity index (χ2v) is 1.82. The largest absolute Gasteiger partial charge is 0.391 e. The Hall–Kier alpha value is -1.60. The molecule has 0 heterocycles. The van der Waals surface area contributed by atoms with Crippen molar-refractivity contribution in [3.63, 3.8) is 0 Å². The third kappa shape index (κ3) is 2.65. The van der Waals surface area contributed by atoms with Crippen LogP contribution in [-0.2, 0) is 4.84 Å². The smallest absolute Gasteiger partial charge is 0.141 e. The molecule has 0 aliphatic rings. The minimum absolute atomic E-state index is 0.813. The molecule has 0 aromatic heterocycles. The summed E-state index contributed by atoms with van der Waals surface area (Å²) in [6.45, 7) is 0. The second kappa shape index (κ2) is 4.25. The Morgan fingerprint density at radius 1 is 1.27 bits per heavy atom. The van der Waals surface area contributed by atoms with Gasteiger partial charge in [0.05, 0.1) is 5.69 Å². The molecule has 1 rings (SSSR count). The Balaban J connectivity index is 2.72. The molecule has 0 unspecified atom stereocenters. The zero-order valence-electron chi connectivity index (χ0n) is 6.19. The van der Waals surface area contributed by atoms with Gasteiger partial charge in [0.15, 0.2) is 0 Å². The van der Waals surface area contributed by atoms with E-state index < -0.39 is 0 Å². The molecule has 0 spiro atoms. The van der Waals surface area contributed by atoms with E-state index in [1.807, 2.05) is 30.3 Å². The topological polar surface area (TPSA) is 34.0 Å².